The van der Waals surface area contributed by atoms with Crippen molar-refractivity contribution in [1.82, 2.24) is 4.90 Å². The Bertz CT molecular complexity index is 487. The number of aryl methyl sites for hydroxylation is 1. The predicted molar refractivity (Wildman–Crippen MR) is 71.3 cm³/mol. The van der Waals surface area contributed by atoms with E-state index in [9.17, 15) is 4.79 Å². The summed E-state index contributed by atoms with van der Waals surface area (Å²) in [7, 11) is 1.83. The Morgan fingerprint density at radius 3 is 2.53 bits per heavy atom. The smallest absolute Gasteiger partial charge is 0.253 e. The van der Waals surface area contributed by atoms with Crippen LogP contribution in [0.3, 0.4) is 0 Å². The minimum Gasteiger partial charge on any atom is -0.337 e. The van der Waals surface area contributed by atoms with Crippen molar-refractivity contribution >= 4 is 17.2 Å². The molecule has 0 saturated carbocycles. The van der Waals surface area contributed by atoms with Gasteiger partial charge in [-0.1, -0.05) is 17.7 Å². The summed E-state index contributed by atoms with van der Waals surface area (Å²) in [5.41, 5.74) is 3.09. The minimum atomic E-state index is 0.0659. The molecule has 3 heteroatoms. The van der Waals surface area contributed by atoms with Gasteiger partial charge in [-0.25, -0.2) is 0 Å². The molecule has 0 aliphatic carbocycles. The van der Waals surface area contributed by atoms with E-state index in [4.69, 9.17) is 0 Å². The molecular formula is C14H15NOS. The van der Waals surface area contributed by atoms with Gasteiger partial charge in [0.05, 0.1) is 0 Å². The lowest BCUT2D eigenvalue weighted by Crippen LogP contribution is -2.25. The third kappa shape index (κ3) is 2.94. The highest BCUT2D eigenvalue weighted by Crippen LogP contribution is 2.11. The van der Waals surface area contributed by atoms with Crippen molar-refractivity contribution in [3.8, 4) is 0 Å². The molecule has 2 aromatic rings. The van der Waals surface area contributed by atoms with E-state index in [2.05, 4.69) is 5.38 Å². The molecule has 0 aliphatic rings. The zero-order valence-corrected chi connectivity index (χ0v) is 10.8. The van der Waals surface area contributed by atoms with Crippen LogP contribution in [0.25, 0.3) is 0 Å². The van der Waals surface area contributed by atoms with Crippen molar-refractivity contribution in [2.75, 3.05) is 7.05 Å². The fraction of sp³-hybridized carbons (Fsp3) is 0.214. The van der Waals surface area contributed by atoms with Crippen LogP contribution in [0.4, 0.5) is 0 Å². The lowest BCUT2D eigenvalue weighted by molar-refractivity contribution is 0.0785. The molecule has 0 aliphatic heterocycles. The molecule has 2 nitrogen and oxygen atoms in total. The van der Waals surface area contributed by atoms with E-state index in [-0.39, 0.29) is 5.91 Å². The summed E-state index contributed by atoms with van der Waals surface area (Å²) in [5, 5.41) is 4.10. The van der Waals surface area contributed by atoms with Crippen LogP contribution >= 0.6 is 11.3 Å². The third-order valence-electron chi connectivity index (χ3n) is 2.65. The number of benzene rings is 1. The molecule has 0 bridgehead atoms. The molecule has 1 heterocycles. The Morgan fingerprint density at radius 1 is 1.24 bits per heavy atom. The number of hydrogen-bond donors (Lipinski definition) is 0. The quantitative estimate of drug-likeness (QED) is 0.812. The fourth-order valence-electron chi connectivity index (χ4n) is 1.64. The highest BCUT2D eigenvalue weighted by atomic mass is 32.1. The largest absolute Gasteiger partial charge is 0.337 e. The van der Waals surface area contributed by atoms with E-state index in [0.29, 0.717) is 6.54 Å². The molecule has 1 aromatic heterocycles. The first-order valence-corrected chi connectivity index (χ1v) is 6.44. The van der Waals surface area contributed by atoms with Gasteiger partial charge in [-0.3, -0.25) is 4.79 Å². The lowest BCUT2D eigenvalue weighted by Gasteiger charge is -2.16. The van der Waals surface area contributed by atoms with Gasteiger partial charge in [0.25, 0.3) is 5.91 Å². The summed E-state index contributed by atoms with van der Waals surface area (Å²) in [4.78, 5) is 13.9. The first-order chi connectivity index (χ1) is 8.16. The molecule has 0 unspecified atom stereocenters. The molecule has 1 amide bonds. The predicted octanol–water partition coefficient (Wildman–Crippen LogP) is 3.33. The monoisotopic (exact) mass is 245 g/mol. The topological polar surface area (TPSA) is 20.3 Å². The van der Waals surface area contributed by atoms with Crippen LogP contribution in [0.1, 0.15) is 21.5 Å². The van der Waals surface area contributed by atoms with Gasteiger partial charge in [0.2, 0.25) is 0 Å². The summed E-state index contributed by atoms with van der Waals surface area (Å²) < 4.78 is 0. The van der Waals surface area contributed by atoms with Gasteiger partial charge >= 0.3 is 0 Å². The number of carbonyl (C=O) groups excluding carboxylic acids is 1. The van der Waals surface area contributed by atoms with Crippen LogP contribution in [-0.4, -0.2) is 17.9 Å². The van der Waals surface area contributed by atoms with Gasteiger partial charge < -0.3 is 4.90 Å². The molecule has 88 valence electrons. The zero-order chi connectivity index (χ0) is 12.3. The number of rotatable bonds is 3. The number of hydrogen-bond acceptors (Lipinski definition) is 2. The molecule has 0 radical (unpaired) electrons. The van der Waals surface area contributed by atoms with Gasteiger partial charge in [0, 0.05) is 19.2 Å². The molecule has 0 atom stereocenters. The summed E-state index contributed by atoms with van der Waals surface area (Å²) >= 11 is 1.65. The second kappa shape index (κ2) is 5.15. The van der Waals surface area contributed by atoms with Crippen molar-refractivity contribution in [3.63, 3.8) is 0 Å². The summed E-state index contributed by atoms with van der Waals surface area (Å²) in [6, 6.07) is 9.73. The maximum Gasteiger partial charge on any atom is 0.253 e. The molecule has 17 heavy (non-hydrogen) atoms. The standard InChI is InChI=1S/C14H15NOS/c1-11-3-5-13(6-4-11)14(16)15(2)9-12-7-8-17-10-12/h3-8,10H,9H2,1-2H3. The number of carbonyl (C=O) groups is 1. The normalized spacial score (nSPS) is 10.2. The average molecular weight is 245 g/mol. The van der Waals surface area contributed by atoms with Crippen LogP contribution < -0.4 is 0 Å². The van der Waals surface area contributed by atoms with Gasteiger partial charge in [-0.05, 0) is 41.4 Å². The van der Waals surface area contributed by atoms with E-state index in [0.717, 1.165) is 5.56 Å². The molecule has 0 N–H and O–H groups in total. The van der Waals surface area contributed by atoms with E-state index in [1.807, 2.05) is 49.7 Å². The molecule has 2 rings (SSSR count). The molecule has 0 saturated heterocycles. The Labute approximate surface area is 106 Å². The summed E-state index contributed by atoms with van der Waals surface area (Å²) in [5.74, 6) is 0.0659. The molecular weight excluding hydrogens is 230 g/mol. The fourth-order valence-corrected chi connectivity index (χ4v) is 2.30. The first-order valence-electron chi connectivity index (χ1n) is 5.50. The summed E-state index contributed by atoms with van der Waals surface area (Å²) in [6.45, 7) is 2.68. The maximum absolute atomic E-state index is 12.1. The van der Waals surface area contributed by atoms with Crippen LogP contribution in [0.15, 0.2) is 41.1 Å². The van der Waals surface area contributed by atoms with Crippen molar-refractivity contribution in [2.24, 2.45) is 0 Å². The first kappa shape index (κ1) is 11.9. The van der Waals surface area contributed by atoms with Gasteiger partial charge in [-0.2, -0.15) is 11.3 Å². The highest BCUT2D eigenvalue weighted by Gasteiger charge is 2.11. The second-order valence-corrected chi connectivity index (χ2v) is 4.94. The van der Waals surface area contributed by atoms with Crippen LogP contribution in [0.2, 0.25) is 0 Å². The number of nitrogens with zero attached hydrogens (tertiary/aromatic N) is 1. The number of thiophene rings is 1. The molecule has 0 spiro atoms. The molecule has 0 fully saturated rings. The Kier molecular flexibility index (Phi) is 3.59. The van der Waals surface area contributed by atoms with E-state index in [1.165, 1.54) is 11.1 Å². The van der Waals surface area contributed by atoms with Gasteiger partial charge in [0.15, 0.2) is 0 Å². The summed E-state index contributed by atoms with van der Waals surface area (Å²) in [6.07, 6.45) is 0. The van der Waals surface area contributed by atoms with Crippen molar-refractivity contribution in [1.29, 1.82) is 0 Å². The van der Waals surface area contributed by atoms with Gasteiger partial charge in [-0.15, -0.1) is 0 Å². The SMILES string of the molecule is Cc1ccc(C(=O)N(C)Cc2ccsc2)cc1. The Hall–Kier alpha value is -1.61. The van der Waals surface area contributed by atoms with Crippen LogP contribution in [0.5, 0.6) is 0 Å². The zero-order valence-electron chi connectivity index (χ0n) is 10.0. The third-order valence-corrected chi connectivity index (χ3v) is 3.38. The van der Waals surface area contributed by atoms with E-state index in [1.54, 1.807) is 16.2 Å². The average Bonchev–Trinajstić information content (AvgIpc) is 2.82. The minimum absolute atomic E-state index is 0.0659. The van der Waals surface area contributed by atoms with Crippen molar-refractivity contribution in [2.45, 2.75) is 13.5 Å². The maximum atomic E-state index is 12.1. The Balaban J connectivity index is 2.07. The molecule has 1 aromatic carbocycles. The lowest BCUT2D eigenvalue weighted by atomic mass is 10.1. The second-order valence-electron chi connectivity index (χ2n) is 4.16. The Morgan fingerprint density at radius 2 is 1.94 bits per heavy atom. The van der Waals surface area contributed by atoms with Gasteiger partial charge in [0.1, 0.15) is 0 Å². The van der Waals surface area contributed by atoms with Crippen LogP contribution in [0, 0.1) is 6.92 Å². The van der Waals surface area contributed by atoms with E-state index >= 15 is 0 Å². The van der Waals surface area contributed by atoms with Crippen LogP contribution in [-0.2, 0) is 6.54 Å². The van der Waals surface area contributed by atoms with Crippen molar-refractivity contribution in [3.05, 3.63) is 57.8 Å². The highest BCUT2D eigenvalue weighted by molar-refractivity contribution is 7.07. The van der Waals surface area contributed by atoms with Crippen molar-refractivity contribution < 1.29 is 4.79 Å². The van der Waals surface area contributed by atoms with E-state index < -0.39 is 0 Å². The number of amides is 1.